The van der Waals surface area contributed by atoms with Crippen LogP contribution in [-0.4, -0.2) is 12.4 Å². The van der Waals surface area contributed by atoms with Crippen LogP contribution in [0.1, 0.15) is 36.0 Å². The molecule has 90 valence electrons. The number of carbonyl (C=O) groups excluding carboxylic acids is 1. The number of rotatable bonds is 4. The lowest BCUT2D eigenvalue weighted by atomic mass is 10.1. The Kier molecular flexibility index (Phi) is 4.59. The number of ether oxygens (including phenoxy) is 1. The van der Waals surface area contributed by atoms with E-state index in [9.17, 15) is 4.79 Å². The monoisotopic (exact) mass is 342 g/mol. The normalized spacial score (nSPS) is 15.0. The minimum absolute atomic E-state index is 0.191. The first-order valence-corrected chi connectivity index (χ1v) is 6.94. The van der Waals surface area contributed by atoms with Gasteiger partial charge < -0.3 is 4.74 Å². The number of carbonyl (C=O) groups is 1. The molecule has 0 saturated carbocycles. The molecule has 3 heteroatoms. The van der Waals surface area contributed by atoms with Crippen LogP contribution in [0.15, 0.2) is 36.1 Å². The second-order valence-corrected chi connectivity index (χ2v) is 5.34. The molecule has 0 N–H and O–H groups in total. The van der Waals surface area contributed by atoms with Crippen molar-refractivity contribution in [3.63, 3.8) is 0 Å². The molecule has 0 spiro atoms. The first-order chi connectivity index (χ1) is 8.25. The van der Waals surface area contributed by atoms with Crippen molar-refractivity contribution in [1.29, 1.82) is 0 Å². The number of allylic oxidation sites excluding steroid dienone is 2. The lowest BCUT2D eigenvalue weighted by molar-refractivity contribution is 0.0970. The summed E-state index contributed by atoms with van der Waals surface area (Å²) in [4.78, 5) is 11.9. The zero-order chi connectivity index (χ0) is 12.1. The molecule has 1 heterocycles. The van der Waals surface area contributed by atoms with Gasteiger partial charge in [-0.25, -0.2) is 0 Å². The Morgan fingerprint density at radius 1 is 1.29 bits per heavy atom. The van der Waals surface area contributed by atoms with E-state index in [0.717, 1.165) is 40.8 Å². The molecular weight excluding hydrogens is 327 g/mol. The minimum atomic E-state index is 0.191. The van der Waals surface area contributed by atoms with Crippen molar-refractivity contribution in [3.8, 4) is 0 Å². The number of hydrogen-bond donors (Lipinski definition) is 0. The van der Waals surface area contributed by atoms with E-state index < -0.39 is 0 Å². The van der Waals surface area contributed by atoms with Gasteiger partial charge in [0, 0.05) is 22.0 Å². The van der Waals surface area contributed by atoms with Crippen LogP contribution in [-0.2, 0) is 4.74 Å². The molecule has 0 amide bonds. The zero-order valence-corrected chi connectivity index (χ0v) is 11.8. The van der Waals surface area contributed by atoms with Gasteiger partial charge in [-0.15, -0.1) is 0 Å². The quantitative estimate of drug-likeness (QED) is 0.612. The fourth-order valence-electron chi connectivity index (χ4n) is 1.80. The molecule has 0 bridgehead atoms. The lowest BCUT2D eigenvalue weighted by Gasteiger charge is -2.14. The minimum Gasteiger partial charge on any atom is -0.498 e. The summed E-state index contributed by atoms with van der Waals surface area (Å²) in [6.45, 7) is 0.795. The molecule has 1 aromatic rings. The summed E-state index contributed by atoms with van der Waals surface area (Å²) in [7, 11) is 0. The van der Waals surface area contributed by atoms with Gasteiger partial charge in [-0.1, -0.05) is 12.1 Å². The average Bonchev–Trinajstić information content (AvgIpc) is 2.38. The topological polar surface area (TPSA) is 26.3 Å². The molecule has 0 unspecified atom stereocenters. The van der Waals surface area contributed by atoms with E-state index in [-0.39, 0.29) is 5.78 Å². The molecule has 2 nitrogen and oxygen atoms in total. The van der Waals surface area contributed by atoms with Crippen molar-refractivity contribution < 1.29 is 9.53 Å². The van der Waals surface area contributed by atoms with E-state index >= 15 is 0 Å². The van der Waals surface area contributed by atoms with Crippen LogP contribution in [0, 0.1) is 3.57 Å². The van der Waals surface area contributed by atoms with Crippen molar-refractivity contribution >= 4 is 28.4 Å². The Morgan fingerprint density at radius 3 is 2.71 bits per heavy atom. The van der Waals surface area contributed by atoms with Crippen molar-refractivity contribution in [3.05, 3.63) is 45.2 Å². The third-order valence-corrected chi connectivity index (χ3v) is 3.49. The summed E-state index contributed by atoms with van der Waals surface area (Å²) in [5.41, 5.74) is 0.793. The second kappa shape index (κ2) is 6.19. The van der Waals surface area contributed by atoms with Crippen molar-refractivity contribution in [2.45, 2.75) is 25.7 Å². The summed E-state index contributed by atoms with van der Waals surface area (Å²) in [6.07, 6.45) is 5.53. The largest absolute Gasteiger partial charge is 0.498 e. The third-order valence-electron chi connectivity index (χ3n) is 2.77. The Labute approximate surface area is 115 Å². The molecule has 0 fully saturated rings. The molecule has 0 radical (unpaired) electrons. The summed E-state index contributed by atoms with van der Waals surface area (Å²) in [6, 6.07) is 7.70. The van der Waals surface area contributed by atoms with E-state index in [4.69, 9.17) is 4.74 Å². The van der Waals surface area contributed by atoms with Gasteiger partial charge >= 0.3 is 0 Å². The summed E-state index contributed by atoms with van der Waals surface area (Å²) in [5.74, 6) is 1.17. The van der Waals surface area contributed by atoms with Gasteiger partial charge in [0.25, 0.3) is 0 Å². The second-order valence-electron chi connectivity index (χ2n) is 4.09. The van der Waals surface area contributed by atoms with Crippen molar-refractivity contribution in [2.75, 3.05) is 6.61 Å². The van der Waals surface area contributed by atoms with E-state index in [1.54, 1.807) is 0 Å². The third kappa shape index (κ3) is 3.84. The SMILES string of the molecule is O=C(CCC1=CCCCO1)c1ccc(I)cc1. The molecule has 0 aliphatic carbocycles. The Hall–Kier alpha value is -0.840. The van der Waals surface area contributed by atoms with Crippen LogP contribution >= 0.6 is 22.6 Å². The summed E-state index contributed by atoms with van der Waals surface area (Å²) >= 11 is 2.24. The highest BCUT2D eigenvalue weighted by Gasteiger charge is 2.09. The van der Waals surface area contributed by atoms with E-state index in [1.807, 2.05) is 24.3 Å². The Bertz CT molecular complexity index is 420. The predicted octanol–water partition coefficient (Wildman–Crippen LogP) is 3.95. The van der Waals surface area contributed by atoms with Gasteiger partial charge in [-0.2, -0.15) is 0 Å². The molecule has 0 saturated heterocycles. The predicted molar refractivity (Wildman–Crippen MR) is 76.0 cm³/mol. The van der Waals surface area contributed by atoms with Gasteiger partial charge in [0.1, 0.15) is 0 Å². The Balaban J connectivity index is 1.88. The highest BCUT2D eigenvalue weighted by Crippen LogP contribution is 2.17. The molecular formula is C14H15IO2. The molecule has 17 heavy (non-hydrogen) atoms. The summed E-state index contributed by atoms with van der Waals surface area (Å²) in [5, 5.41) is 0. The van der Waals surface area contributed by atoms with Gasteiger partial charge in [0.05, 0.1) is 12.4 Å². The highest BCUT2D eigenvalue weighted by molar-refractivity contribution is 14.1. The van der Waals surface area contributed by atoms with E-state index in [1.165, 1.54) is 0 Å². The standard InChI is InChI=1S/C14H15IO2/c15-12-6-4-11(5-7-12)14(16)9-8-13-3-1-2-10-17-13/h3-7H,1-2,8-10H2. The fourth-order valence-corrected chi connectivity index (χ4v) is 2.16. The van der Waals surface area contributed by atoms with Crippen LogP contribution < -0.4 is 0 Å². The van der Waals surface area contributed by atoms with Gasteiger partial charge in [0.2, 0.25) is 0 Å². The first kappa shape index (κ1) is 12.6. The van der Waals surface area contributed by atoms with Crippen LogP contribution in [0.4, 0.5) is 0 Å². The van der Waals surface area contributed by atoms with Gasteiger partial charge in [-0.05, 0) is 53.6 Å². The van der Waals surface area contributed by atoms with Crippen LogP contribution in [0.5, 0.6) is 0 Å². The number of benzene rings is 1. The number of ketones is 1. The summed E-state index contributed by atoms with van der Waals surface area (Å²) < 4.78 is 6.64. The number of halogens is 1. The Morgan fingerprint density at radius 2 is 2.06 bits per heavy atom. The first-order valence-electron chi connectivity index (χ1n) is 5.86. The molecule has 0 atom stereocenters. The molecule has 1 aromatic carbocycles. The van der Waals surface area contributed by atoms with Crippen LogP contribution in [0.25, 0.3) is 0 Å². The van der Waals surface area contributed by atoms with E-state index in [0.29, 0.717) is 6.42 Å². The average molecular weight is 342 g/mol. The maximum atomic E-state index is 11.9. The van der Waals surface area contributed by atoms with E-state index in [2.05, 4.69) is 28.7 Å². The molecule has 0 aromatic heterocycles. The van der Waals surface area contributed by atoms with Crippen LogP contribution in [0.2, 0.25) is 0 Å². The highest BCUT2D eigenvalue weighted by atomic mass is 127. The molecule has 1 aliphatic rings. The van der Waals surface area contributed by atoms with Gasteiger partial charge in [-0.3, -0.25) is 4.79 Å². The number of Topliss-reactive ketones (excluding diaryl/α,β-unsaturated/α-hetero) is 1. The smallest absolute Gasteiger partial charge is 0.163 e. The van der Waals surface area contributed by atoms with Crippen molar-refractivity contribution in [2.24, 2.45) is 0 Å². The van der Waals surface area contributed by atoms with Gasteiger partial charge in [0.15, 0.2) is 5.78 Å². The van der Waals surface area contributed by atoms with Crippen molar-refractivity contribution in [1.82, 2.24) is 0 Å². The fraction of sp³-hybridized carbons (Fsp3) is 0.357. The van der Waals surface area contributed by atoms with Crippen LogP contribution in [0.3, 0.4) is 0 Å². The molecule has 1 aliphatic heterocycles. The maximum Gasteiger partial charge on any atom is 0.163 e. The number of hydrogen-bond acceptors (Lipinski definition) is 2. The zero-order valence-electron chi connectivity index (χ0n) is 9.62. The maximum absolute atomic E-state index is 11.9. The lowest BCUT2D eigenvalue weighted by Crippen LogP contribution is -2.04. The molecule has 2 rings (SSSR count).